The topological polar surface area (TPSA) is 51.1 Å². The lowest BCUT2D eigenvalue weighted by atomic mass is 10.1. The number of likely N-dealkylation sites (N-methyl/N-ethyl adjacent to an activating group) is 1. The molecule has 0 spiro atoms. The number of esters is 1. The fraction of sp³-hybridized carbons (Fsp3) is 0.467. The Hall–Kier alpha value is -1.88. The van der Waals surface area contributed by atoms with Gasteiger partial charge in [0.15, 0.2) is 5.72 Å². The number of nitrogens with zero attached hydrogens (tertiary/aromatic N) is 2. The molecule has 1 heterocycles. The number of aliphatic imine (C=N–C) groups is 1. The molecule has 1 aliphatic heterocycles. The average molecular weight is 276 g/mol. The van der Waals surface area contributed by atoms with Crippen molar-refractivity contribution in [2.45, 2.75) is 32.4 Å². The van der Waals surface area contributed by atoms with Crippen LogP contribution in [-0.2, 0) is 20.8 Å². The van der Waals surface area contributed by atoms with E-state index in [1.165, 1.54) is 0 Å². The molecule has 2 rings (SSSR count). The second-order valence-electron chi connectivity index (χ2n) is 4.94. The minimum Gasteiger partial charge on any atom is -0.466 e. The van der Waals surface area contributed by atoms with Gasteiger partial charge < -0.3 is 4.74 Å². The van der Waals surface area contributed by atoms with Crippen LogP contribution in [0.15, 0.2) is 35.3 Å². The Kier molecular flexibility index (Phi) is 4.39. The maximum atomic E-state index is 11.6. The van der Waals surface area contributed by atoms with E-state index in [1.54, 1.807) is 26.0 Å². The second-order valence-corrected chi connectivity index (χ2v) is 4.94. The Bertz CT molecular complexity index is 501. The van der Waals surface area contributed by atoms with Gasteiger partial charge in [-0.1, -0.05) is 30.3 Å². The van der Waals surface area contributed by atoms with Crippen LogP contribution in [0, 0.1) is 0 Å². The summed E-state index contributed by atoms with van der Waals surface area (Å²) in [5.41, 5.74) is 0.285. The third kappa shape index (κ3) is 3.57. The van der Waals surface area contributed by atoms with Crippen molar-refractivity contribution in [3.8, 4) is 0 Å². The van der Waals surface area contributed by atoms with Gasteiger partial charge in [-0.2, -0.15) is 0 Å². The highest BCUT2D eigenvalue weighted by Crippen LogP contribution is 2.27. The van der Waals surface area contributed by atoms with Crippen molar-refractivity contribution < 1.29 is 14.4 Å². The van der Waals surface area contributed by atoms with Gasteiger partial charge in [-0.05, 0) is 19.4 Å². The summed E-state index contributed by atoms with van der Waals surface area (Å²) in [5.74, 6) is 0.510. The molecule has 0 saturated heterocycles. The van der Waals surface area contributed by atoms with Crippen LogP contribution < -0.4 is 0 Å². The van der Waals surface area contributed by atoms with Crippen LogP contribution >= 0.6 is 0 Å². The van der Waals surface area contributed by atoms with Crippen LogP contribution in [0.2, 0.25) is 0 Å². The van der Waals surface area contributed by atoms with Gasteiger partial charge in [0.05, 0.1) is 13.0 Å². The largest absolute Gasteiger partial charge is 0.466 e. The molecule has 0 radical (unpaired) electrons. The molecular weight excluding hydrogens is 256 g/mol. The predicted octanol–water partition coefficient (Wildman–Crippen LogP) is 2.17. The highest BCUT2D eigenvalue weighted by Gasteiger charge is 2.37. The fourth-order valence-electron chi connectivity index (χ4n) is 2.19. The lowest BCUT2D eigenvalue weighted by molar-refractivity contribution is -0.176. The van der Waals surface area contributed by atoms with E-state index >= 15 is 0 Å². The first-order valence-electron chi connectivity index (χ1n) is 6.73. The van der Waals surface area contributed by atoms with E-state index in [0.29, 0.717) is 13.0 Å². The highest BCUT2D eigenvalue weighted by molar-refractivity contribution is 5.85. The van der Waals surface area contributed by atoms with Gasteiger partial charge in [0.2, 0.25) is 0 Å². The van der Waals surface area contributed by atoms with Crippen molar-refractivity contribution in [1.29, 1.82) is 0 Å². The Morgan fingerprint density at radius 2 is 2.10 bits per heavy atom. The number of carbonyl (C=O) groups excluding carboxylic acids is 1. The van der Waals surface area contributed by atoms with E-state index < -0.39 is 5.72 Å². The monoisotopic (exact) mass is 276 g/mol. The number of hydrogen-bond donors (Lipinski definition) is 0. The third-order valence-corrected chi connectivity index (χ3v) is 3.05. The van der Waals surface area contributed by atoms with Crippen LogP contribution in [0.5, 0.6) is 0 Å². The molecule has 108 valence electrons. The Balaban J connectivity index is 2.06. The number of carbonyl (C=O) groups is 1. The van der Waals surface area contributed by atoms with E-state index in [-0.39, 0.29) is 12.4 Å². The molecule has 1 aliphatic rings. The van der Waals surface area contributed by atoms with Crippen molar-refractivity contribution in [3.05, 3.63) is 35.9 Å². The molecule has 0 bridgehead atoms. The molecule has 20 heavy (non-hydrogen) atoms. The van der Waals surface area contributed by atoms with Gasteiger partial charge in [-0.3, -0.25) is 4.79 Å². The number of hydroxylamine groups is 2. The van der Waals surface area contributed by atoms with Gasteiger partial charge in [0.25, 0.3) is 0 Å². The minimum absolute atomic E-state index is 0.115. The molecule has 0 aromatic heterocycles. The molecule has 0 amide bonds. The normalized spacial score (nSPS) is 21.8. The zero-order valence-electron chi connectivity index (χ0n) is 12.1. The maximum Gasteiger partial charge on any atom is 0.310 e. The lowest BCUT2D eigenvalue weighted by Gasteiger charge is -2.20. The molecule has 1 aromatic rings. The Labute approximate surface area is 119 Å². The number of hydrogen-bond acceptors (Lipinski definition) is 5. The van der Waals surface area contributed by atoms with E-state index in [2.05, 4.69) is 4.99 Å². The molecule has 1 unspecified atom stereocenters. The molecule has 0 N–H and O–H groups in total. The Morgan fingerprint density at radius 1 is 1.40 bits per heavy atom. The van der Waals surface area contributed by atoms with Crippen molar-refractivity contribution in [2.24, 2.45) is 4.99 Å². The quantitative estimate of drug-likeness (QED) is 0.773. The molecule has 1 aromatic carbocycles. The standard InChI is InChI=1S/C15H20N2O3/c1-4-19-14(18)11-15(2)16-13(17(3)20-15)10-12-8-6-5-7-9-12/h5-9H,4,10-11H2,1-3H3. The number of ether oxygens (including phenoxy) is 1. The Morgan fingerprint density at radius 3 is 2.75 bits per heavy atom. The SMILES string of the molecule is CCOC(=O)CC1(C)N=C(Cc2ccccc2)N(C)O1. The number of rotatable bonds is 5. The van der Waals surface area contributed by atoms with Crippen molar-refractivity contribution in [3.63, 3.8) is 0 Å². The van der Waals surface area contributed by atoms with E-state index in [4.69, 9.17) is 9.57 Å². The molecule has 0 fully saturated rings. The third-order valence-electron chi connectivity index (χ3n) is 3.05. The van der Waals surface area contributed by atoms with Gasteiger partial charge in [0, 0.05) is 13.5 Å². The van der Waals surface area contributed by atoms with Crippen LogP contribution in [0.4, 0.5) is 0 Å². The van der Waals surface area contributed by atoms with Gasteiger partial charge in [-0.15, -0.1) is 0 Å². The summed E-state index contributed by atoms with van der Waals surface area (Å²) in [7, 11) is 1.80. The van der Waals surface area contributed by atoms with E-state index in [1.807, 2.05) is 30.3 Å². The summed E-state index contributed by atoms with van der Waals surface area (Å²) < 4.78 is 4.95. The van der Waals surface area contributed by atoms with Crippen LogP contribution in [0.3, 0.4) is 0 Å². The van der Waals surface area contributed by atoms with Crippen LogP contribution in [0.25, 0.3) is 0 Å². The molecule has 0 saturated carbocycles. The summed E-state index contributed by atoms with van der Waals surface area (Å²) in [6.45, 7) is 3.94. The molecular formula is C15H20N2O3. The first-order chi connectivity index (χ1) is 9.52. The lowest BCUT2D eigenvalue weighted by Crippen LogP contribution is -2.31. The van der Waals surface area contributed by atoms with Gasteiger partial charge in [0.1, 0.15) is 5.84 Å². The zero-order valence-corrected chi connectivity index (χ0v) is 12.1. The first-order valence-corrected chi connectivity index (χ1v) is 6.73. The summed E-state index contributed by atoms with van der Waals surface area (Å²) in [4.78, 5) is 21.8. The summed E-state index contributed by atoms with van der Waals surface area (Å²) >= 11 is 0. The van der Waals surface area contributed by atoms with Crippen molar-refractivity contribution in [1.82, 2.24) is 5.06 Å². The molecule has 5 nitrogen and oxygen atoms in total. The summed E-state index contributed by atoms with van der Waals surface area (Å²) in [6, 6.07) is 10.0. The van der Waals surface area contributed by atoms with E-state index in [9.17, 15) is 4.79 Å². The van der Waals surface area contributed by atoms with E-state index in [0.717, 1.165) is 11.4 Å². The maximum absolute atomic E-state index is 11.6. The smallest absolute Gasteiger partial charge is 0.310 e. The minimum atomic E-state index is -0.870. The average Bonchev–Trinajstić information content (AvgIpc) is 2.65. The van der Waals surface area contributed by atoms with Crippen molar-refractivity contribution >= 4 is 11.8 Å². The van der Waals surface area contributed by atoms with Crippen molar-refractivity contribution in [2.75, 3.05) is 13.7 Å². The van der Waals surface area contributed by atoms with Gasteiger partial charge in [-0.25, -0.2) is 14.9 Å². The molecule has 1 atom stereocenters. The first kappa shape index (κ1) is 14.5. The number of benzene rings is 1. The number of amidine groups is 1. The molecule has 5 heteroatoms. The summed E-state index contributed by atoms with van der Waals surface area (Å²) in [5, 5.41) is 1.63. The van der Waals surface area contributed by atoms with Gasteiger partial charge >= 0.3 is 5.97 Å². The highest BCUT2D eigenvalue weighted by atomic mass is 16.7. The van der Waals surface area contributed by atoms with Crippen LogP contribution in [0.1, 0.15) is 25.8 Å². The fourth-order valence-corrected chi connectivity index (χ4v) is 2.19. The second kappa shape index (κ2) is 6.05. The summed E-state index contributed by atoms with van der Waals surface area (Å²) in [6.07, 6.45) is 0.791. The zero-order chi connectivity index (χ0) is 14.6. The van der Waals surface area contributed by atoms with Crippen LogP contribution in [-0.4, -0.2) is 36.2 Å². The molecule has 0 aliphatic carbocycles. The predicted molar refractivity (Wildman–Crippen MR) is 76.1 cm³/mol.